The lowest BCUT2D eigenvalue weighted by Crippen LogP contribution is -2.16. The number of unbranched alkanes of at least 4 members (excludes halogenated alkanes) is 1. The molecule has 134 valence electrons. The van der Waals surface area contributed by atoms with Crippen LogP contribution < -0.4 is 10.5 Å². The molecule has 5 N–H and O–H groups in total. The minimum Gasteiger partial charge on any atom is -0.478 e. The highest BCUT2D eigenvalue weighted by Gasteiger charge is 2.22. The maximum absolute atomic E-state index is 12.1. The van der Waals surface area contributed by atoms with E-state index in [1.165, 1.54) is 6.07 Å². The zero-order valence-corrected chi connectivity index (χ0v) is 14.3. The summed E-state index contributed by atoms with van der Waals surface area (Å²) >= 11 is 0. The Hall–Kier alpha value is -2.42. The van der Waals surface area contributed by atoms with E-state index in [0.717, 1.165) is 6.07 Å². The Labute approximate surface area is 146 Å². The number of carbonyl (C=O) groups is 1. The molecule has 0 aliphatic rings. The number of hydrogen-bond donors (Lipinski definition) is 4. The van der Waals surface area contributed by atoms with Crippen LogP contribution in [0.4, 0.5) is 5.69 Å². The predicted octanol–water partition coefficient (Wildman–Crippen LogP) is 1.88. The second kappa shape index (κ2) is 8.11. The maximum Gasteiger partial charge on any atom is 0.335 e. The molecule has 0 spiro atoms. The van der Waals surface area contributed by atoms with Crippen LogP contribution >= 0.6 is 0 Å². The first kappa shape index (κ1) is 18.9. The number of primary sulfonamides is 1. The molecule has 0 amide bonds. The second-order valence-corrected chi connectivity index (χ2v) is 7.00. The third-order valence-electron chi connectivity index (χ3n) is 3.62. The summed E-state index contributed by atoms with van der Waals surface area (Å²) in [6.07, 6.45) is 1.22. The van der Waals surface area contributed by atoms with E-state index in [0.29, 0.717) is 36.2 Å². The molecule has 7 nitrogen and oxygen atoms in total. The van der Waals surface area contributed by atoms with Crippen LogP contribution in [0.3, 0.4) is 0 Å². The predicted molar refractivity (Wildman–Crippen MR) is 95.0 cm³/mol. The van der Waals surface area contributed by atoms with Crippen LogP contribution in [0.25, 0.3) is 11.1 Å². The van der Waals surface area contributed by atoms with E-state index in [1.807, 2.05) is 0 Å². The van der Waals surface area contributed by atoms with Crippen LogP contribution in [0, 0.1) is 0 Å². The average molecular weight is 364 g/mol. The van der Waals surface area contributed by atoms with Gasteiger partial charge in [-0.3, -0.25) is 0 Å². The molecular weight excluding hydrogens is 344 g/mol. The number of aliphatic hydroxyl groups is 1. The molecule has 0 aromatic heterocycles. The van der Waals surface area contributed by atoms with Crippen molar-refractivity contribution in [3.63, 3.8) is 0 Å². The first-order chi connectivity index (χ1) is 11.8. The number of nitrogens with two attached hydrogens (primary N) is 1. The van der Waals surface area contributed by atoms with E-state index in [-0.39, 0.29) is 17.1 Å². The van der Waals surface area contributed by atoms with Crippen LogP contribution in [-0.4, -0.2) is 37.8 Å². The molecular formula is C17H20N2O5S. The molecule has 8 heteroatoms. The Kier molecular flexibility index (Phi) is 6.13. The first-order valence-electron chi connectivity index (χ1n) is 7.69. The monoisotopic (exact) mass is 364 g/mol. The van der Waals surface area contributed by atoms with Crippen molar-refractivity contribution in [2.45, 2.75) is 17.7 Å². The quantitative estimate of drug-likeness (QED) is 0.529. The number of benzene rings is 2. The lowest BCUT2D eigenvalue weighted by atomic mass is 10.0. The highest BCUT2D eigenvalue weighted by Crippen LogP contribution is 2.35. The van der Waals surface area contributed by atoms with Crippen molar-refractivity contribution in [1.29, 1.82) is 0 Å². The second-order valence-electron chi connectivity index (χ2n) is 5.47. The van der Waals surface area contributed by atoms with Gasteiger partial charge in [-0.25, -0.2) is 18.4 Å². The van der Waals surface area contributed by atoms with Crippen molar-refractivity contribution < 1.29 is 23.4 Å². The van der Waals surface area contributed by atoms with Gasteiger partial charge in [-0.05, 0) is 30.5 Å². The van der Waals surface area contributed by atoms with E-state index in [9.17, 15) is 18.3 Å². The summed E-state index contributed by atoms with van der Waals surface area (Å²) < 4.78 is 24.1. The van der Waals surface area contributed by atoms with Crippen molar-refractivity contribution in [1.82, 2.24) is 0 Å². The van der Waals surface area contributed by atoms with Crippen LogP contribution in [0.2, 0.25) is 0 Å². The zero-order valence-electron chi connectivity index (χ0n) is 13.5. The van der Waals surface area contributed by atoms with Crippen molar-refractivity contribution in [2.24, 2.45) is 5.14 Å². The molecule has 2 aromatic carbocycles. The summed E-state index contributed by atoms with van der Waals surface area (Å²) in [5.74, 6) is -1.25. The molecule has 0 radical (unpaired) electrons. The van der Waals surface area contributed by atoms with Crippen molar-refractivity contribution in [2.75, 3.05) is 18.5 Å². The molecule has 0 bridgehead atoms. The van der Waals surface area contributed by atoms with Crippen LogP contribution in [0.1, 0.15) is 23.2 Å². The summed E-state index contributed by atoms with van der Waals surface area (Å²) in [4.78, 5) is 11.1. The SMILES string of the molecule is NS(=O)(=O)c1cc(C(=O)O)cc(NCCCCO)c1-c1ccccc1. The third kappa shape index (κ3) is 4.79. The van der Waals surface area contributed by atoms with E-state index in [1.54, 1.807) is 30.3 Å². The fourth-order valence-electron chi connectivity index (χ4n) is 2.47. The minimum absolute atomic E-state index is 0.0464. The number of anilines is 1. The van der Waals surface area contributed by atoms with Gasteiger partial charge in [0.15, 0.2) is 0 Å². The van der Waals surface area contributed by atoms with Crippen LogP contribution in [-0.2, 0) is 10.0 Å². The Morgan fingerprint density at radius 2 is 1.80 bits per heavy atom. The zero-order chi connectivity index (χ0) is 18.4. The standard InChI is InChI=1S/C17H20N2O5S/c18-25(23,24)15-11-13(17(21)22)10-14(19-8-4-5-9-20)16(15)12-6-2-1-3-7-12/h1-3,6-7,10-11,19-20H,4-5,8-9H2,(H,21,22)(H2,18,23,24). The van der Waals surface area contributed by atoms with Gasteiger partial charge in [0.2, 0.25) is 10.0 Å². The molecule has 0 unspecified atom stereocenters. The molecule has 0 fully saturated rings. The van der Waals surface area contributed by atoms with Gasteiger partial charge in [0.25, 0.3) is 0 Å². The van der Waals surface area contributed by atoms with Gasteiger partial charge in [0.1, 0.15) is 0 Å². The van der Waals surface area contributed by atoms with Gasteiger partial charge in [-0.1, -0.05) is 30.3 Å². The van der Waals surface area contributed by atoms with Gasteiger partial charge >= 0.3 is 5.97 Å². The van der Waals surface area contributed by atoms with Gasteiger partial charge in [0.05, 0.1) is 10.5 Å². The molecule has 0 aliphatic heterocycles. The first-order valence-corrected chi connectivity index (χ1v) is 9.23. The summed E-state index contributed by atoms with van der Waals surface area (Å²) in [5.41, 5.74) is 1.13. The largest absolute Gasteiger partial charge is 0.478 e. The smallest absolute Gasteiger partial charge is 0.335 e. The topological polar surface area (TPSA) is 130 Å². The Balaban J connectivity index is 2.64. The maximum atomic E-state index is 12.1. The van der Waals surface area contributed by atoms with E-state index in [4.69, 9.17) is 10.2 Å². The Morgan fingerprint density at radius 1 is 1.12 bits per heavy atom. The number of rotatable bonds is 8. The highest BCUT2D eigenvalue weighted by molar-refractivity contribution is 7.89. The van der Waals surface area contributed by atoms with Crippen molar-refractivity contribution >= 4 is 21.7 Å². The van der Waals surface area contributed by atoms with Gasteiger partial charge in [-0.15, -0.1) is 0 Å². The molecule has 0 saturated heterocycles. The fraction of sp³-hybridized carbons (Fsp3) is 0.235. The van der Waals surface area contributed by atoms with Gasteiger partial charge in [0, 0.05) is 24.4 Å². The molecule has 0 aliphatic carbocycles. The van der Waals surface area contributed by atoms with Crippen LogP contribution in [0.5, 0.6) is 0 Å². The highest BCUT2D eigenvalue weighted by atomic mass is 32.2. The number of carboxylic acids is 1. The lowest BCUT2D eigenvalue weighted by Gasteiger charge is -2.17. The van der Waals surface area contributed by atoms with Crippen LogP contribution in [0.15, 0.2) is 47.4 Å². The number of hydrogen-bond acceptors (Lipinski definition) is 5. The molecule has 0 atom stereocenters. The van der Waals surface area contributed by atoms with Gasteiger partial charge in [-0.2, -0.15) is 0 Å². The number of aliphatic hydroxyl groups excluding tert-OH is 1. The van der Waals surface area contributed by atoms with Crippen molar-refractivity contribution in [3.05, 3.63) is 48.0 Å². The lowest BCUT2D eigenvalue weighted by molar-refractivity contribution is 0.0696. The normalized spacial score (nSPS) is 11.3. The third-order valence-corrected chi connectivity index (χ3v) is 4.55. The molecule has 25 heavy (non-hydrogen) atoms. The molecule has 0 saturated carbocycles. The van der Waals surface area contributed by atoms with Gasteiger partial charge < -0.3 is 15.5 Å². The van der Waals surface area contributed by atoms with E-state index in [2.05, 4.69) is 5.32 Å². The molecule has 2 aromatic rings. The summed E-state index contributed by atoms with van der Waals surface area (Å²) in [5, 5.41) is 26.5. The minimum atomic E-state index is -4.14. The average Bonchev–Trinajstić information content (AvgIpc) is 2.58. The van der Waals surface area contributed by atoms with E-state index >= 15 is 0 Å². The van der Waals surface area contributed by atoms with E-state index < -0.39 is 16.0 Å². The molecule has 2 rings (SSSR count). The summed E-state index contributed by atoms with van der Waals surface area (Å²) in [6, 6.07) is 11.2. The number of aromatic carboxylic acids is 1. The Morgan fingerprint density at radius 3 is 2.36 bits per heavy atom. The number of carboxylic acid groups (broad SMARTS) is 1. The summed E-state index contributed by atoms with van der Waals surface area (Å²) in [6.45, 7) is 0.498. The number of nitrogens with one attached hydrogen (secondary N) is 1. The fourth-order valence-corrected chi connectivity index (χ4v) is 3.27. The molecule has 0 heterocycles. The summed E-state index contributed by atoms with van der Waals surface area (Å²) in [7, 11) is -4.14. The van der Waals surface area contributed by atoms with Crippen molar-refractivity contribution in [3.8, 4) is 11.1 Å². The number of sulfonamides is 1. The Bertz CT molecular complexity index is 851.